The van der Waals surface area contributed by atoms with Crippen molar-refractivity contribution in [3.63, 3.8) is 0 Å². The van der Waals surface area contributed by atoms with E-state index in [0.717, 1.165) is 82.3 Å². The van der Waals surface area contributed by atoms with E-state index in [9.17, 15) is 51.9 Å². The highest BCUT2D eigenvalue weighted by Gasteiger charge is 2.49. The Hall–Kier alpha value is -3.14. The number of nitrogens with one attached hydrogen (secondary N) is 3. The van der Waals surface area contributed by atoms with Crippen LogP contribution in [0.1, 0.15) is 121 Å². The van der Waals surface area contributed by atoms with Crippen LogP contribution in [0.3, 0.4) is 0 Å². The fourth-order valence-corrected chi connectivity index (χ4v) is 11.8. The summed E-state index contributed by atoms with van der Waals surface area (Å²) in [4.78, 5) is 5.82. The molecule has 0 bridgehead atoms. The first-order valence-corrected chi connectivity index (χ1v) is 29.7. The molecule has 3 atom stereocenters. The molecule has 390 valence electrons. The zero-order valence-corrected chi connectivity index (χ0v) is 43.2. The molecule has 2 aromatic carbocycles. The molecule has 23 heteroatoms. The van der Waals surface area contributed by atoms with Gasteiger partial charge in [0.1, 0.15) is 28.6 Å². The first-order chi connectivity index (χ1) is 32.4. The standard InChI is InChI=1S/C46H73N5O14S4/c1-37-40-34-38(68(59,60)61)23-25-44(40)51(31-17-18-32-66(53,54)55,30-16-9-8-14-27-47-26-13-6-4-5-7-15-28-48-36-65-49-52)43(37)20-11-10-12-21-45-46(2,3)41-35-39(69(62,63)64)22-24-42(41)50(45)29-19-33-67(56,57)58/h10-12,20-25,34-35,37,43,47-49,52H,4-9,13-19,26-33,36H2,1-3H3,(H3-,53,54,55,56,57,58,59,60,61,62,63,64)/b12-10+,20-11+,45-21+. The molecular formula is C46H73N5O14S4. The first-order valence-electron chi connectivity index (χ1n) is 23.7. The largest absolute Gasteiger partial charge is 0.744 e. The van der Waals surface area contributed by atoms with E-state index in [0.29, 0.717) is 40.9 Å². The van der Waals surface area contributed by atoms with Crippen molar-refractivity contribution in [3.05, 3.63) is 83.6 Å². The van der Waals surface area contributed by atoms with Crippen LogP contribution in [0.15, 0.2) is 82.3 Å². The van der Waals surface area contributed by atoms with Gasteiger partial charge in [0.25, 0.3) is 30.4 Å². The molecule has 0 fully saturated rings. The van der Waals surface area contributed by atoms with E-state index in [1.165, 1.54) is 43.2 Å². The van der Waals surface area contributed by atoms with Gasteiger partial charge in [-0.15, -0.1) is 0 Å². The van der Waals surface area contributed by atoms with Crippen molar-refractivity contribution < 1.29 is 61.9 Å². The summed E-state index contributed by atoms with van der Waals surface area (Å²) in [5.74, 6) is -1.14. The molecule has 0 aromatic heterocycles. The molecule has 2 aromatic rings. The van der Waals surface area contributed by atoms with Crippen molar-refractivity contribution >= 4 is 51.8 Å². The summed E-state index contributed by atoms with van der Waals surface area (Å²) < 4.78 is 137. The van der Waals surface area contributed by atoms with Crippen LogP contribution in [0.25, 0.3) is 0 Å². The maximum absolute atomic E-state index is 12.3. The molecule has 0 saturated carbocycles. The number of anilines is 1. The predicted octanol–water partition coefficient (Wildman–Crippen LogP) is 6.32. The molecule has 2 aliphatic heterocycles. The molecule has 0 amide bonds. The molecule has 2 aliphatic rings. The van der Waals surface area contributed by atoms with Crippen LogP contribution in [-0.2, 0) is 50.7 Å². The Balaban J connectivity index is 1.52. The molecule has 19 nitrogen and oxygen atoms in total. The molecule has 3 unspecified atom stereocenters. The number of rotatable bonds is 33. The summed E-state index contributed by atoms with van der Waals surface area (Å²) >= 11 is 0. The first kappa shape index (κ1) is 58.4. The van der Waals surface area contributed by atoms with Crippen LogP contribution in [0.2, 0.25) is 0 Å². The third kappa shape index (κ3) is 17.8. The molecule has 0 aliphatic carbocycles. The fourth-order valence-electron chi connectivity index (χ4n) is 9.73. The van der Waals surface area contributed by atoms with Crippen LogP contribution in [0.5, 0.6) is 0 Å². The van der Waals surface area contributed by atoms with Crippen molar-refractivity contribution in [2.45, 2.75) is 131 Å². The van der Waals surface area contributed by atoms with E-state index in [2.05, 4.69) is 15.5 Å². The molecule has 0 spiro atoms. The summed E-state index contributed by atoms with van der Waals surface area (Å²) in [5, 5.41) is 15.0. The van der Waals surface area contributed by atoms with Gasteiger partial charge in [-0.05, 0) is 119 Å². The van der Waals surface area contributed by atoms with Gasteiger partial charge in [0.05, 0.1) is 34.4 Å². The lowest BCUT2D eigenvalue weighted by Crippen LogP contribution is -2.55. The number of nitrogens with zero attached hydrogens (tertiary/aromatic N) is 2. The number of hydrogen-bond acceptors (Lipinski definition) is 15. The van der Waals surface area contributed by atoms with E-state index in [1.54, 1.807) is 17.8 Å². The Labute approximate surface area is 410 Å². The average molecular weight is 1050 g/mol. The summed E-state index contributed by atoms with van der Waals surface area (Å²) in [5.41, 5.74) is 4.27. The SMILES string of the molecule is CC1c2cc(S(=O)(=O)O)ccc2[N+](CCCCCCNCCCCCCCCNCONO)(CCCCS(=O)(=O)O)C1/C=C/C=C/C=C1/N(CCCS(=O)(=O)O)c2ccc(S(=O)(=O)[O-])cc2C1(C)C. The number of fused-ring (bicyclic) bond motifs is 2. The van der Waals surface area contributed by atoms with Crippen LogP contribution in [0, 0.1) is 0 Å². The van der Waals surface area contributed by atoms with Gasteiger partial charge in [0.15, 0.2) is 0 Å². The predicted molar refractivity (Wildman–Crippen MR) is 266 cm³/mol. The monoisotopic (exact) mass is 1050 g/mol. The van der Waals surface area contributed by atoms with Gasteiger partial charge >= 0.3 is 0 Å². The van der Waals surface area contributed by atoms with E-state index in [4.69, 9.17) is 5.21 Å². The number of quaternary nitrogens is 1. The third-order valence-corrected chi connectivity index (χ3v) is 16.4. The summed E-state index contributed by atoms with van der Waals surface area (Å²) in [6.45, 7) is 9.94. The van der Waals surface area contributed by atoms with E-state index in [-0.39, 0.29) is 43.0 Å². The van der Waals surface area contributed by atoms with Crippen molar-refractivity contribution in [1.29, 1.82) is 0 Å². The van der Waals surface area contributed by atoms with Gasteiger partial charge < -0.3 is 14.8 Å². The van der Waals surface area contributed by atoms with Crippen molar-refractivity contribution in [3.8, 4) is 0 Å². The van der Waals surface area contributed by atoms with Crippen molar-refractivity contribution in [1.82, 2.24) is 20.8 Å². The molecule has 4 rings (SSSR count). The maximum atomic E-state index is 12.3. The third-order valence-electron chi connectivity index (χ3n) is 13.1. The topological polar surface area (TPSA) is 289 Å². The van der Waals surface area contributed by atoms with Crippen LogP contribution < -0.4 is 25.7 Å². The highest BCUT2D eigenvalue weighted by molar-refractivity contribution is 7.86. The van der Waals surface area contributed by atoms with Gasteiger partial charge in [-0.2, -0.15) is 25.3 Å². The van der Waals surface area contributed by atoms with Gasteiger partial charge in [0, 0.05) is 40.9 Å². The molecule has 69 heavy (non-hydrogen) atoms. The average Bonchev–Trinajstić information content (AvgIpc) is 3.61. The zero-order chi connectivity index (χ0) is 50.9. The second-order valence-corrected chi connectivity index (χ2v) is 24.4. The normalized spacial score (nSPS) is 20.2. The number of allylic oxidation sites excluding steroid dienone is 5. The lowest BCUT2D eigenvalue weighted by Gasteiger charge is -2.40. The Morgan fingerprint density at radius 1 is 0.710 bits per heavy atom. The fraction of sp³-hybridized carbons (Fsp3) is 0.609. The highest BCUT2D eigenvalue weighted by Crippen LogP contribution is 2.50. The van der Waals surface area contributed by atoms with Crippen LogP contribution >= 0.6 is 0 Å². The van der Waals surface area contributed by atoms with Gasteiger partial charge in [-0.1, -0.05) is 76.7 Å². The summed E-state index contributed by atoms with van der Waals surface area (Å²) in [6, 6.07) is 8.45. The maximum Gasteiger partial charge on any atom is 0.294 e. The molecular weight excluding hydrogens is 975 g/mol. The van der Waals surface area contributed by atoms with E-state index >= 15 is 0 Å². The second kappa shape index (κ2) is 26.5. The highest BCUT2D eigenvalue weighted by atomic mass is 32.2. The van der Waals surface area contributed by atoms with Crippen molar-refractivity contribution in [2.75, 3.05) is 62.4 Å². The van der Waals surface area contributed by atoms with Gasteiger partial charge in [0.2, 0.25) is 0 Å². The van der Waals surface area contributed by atoms with Crippen LogP contribution in [-0.4, -0.2) is 121 Å². The lowest BCUT2D eigenvalue weighted by atomic mass is 9.83. The minimum absolute atomic E-state index is 0.0574. The second-order valence-electron chi connectivity index (χ2n) is 18.5. The van der Waals surface area contributed by atoms with E-state index in [1.807, 2.05) is 50.0 Å². The van der Waals surface area contributed by atoms with Gasteiger partial charge in [-0.25, -0.2) is 8.42 Å². The molecule has 0 saturated heterocycles. The van der Waals surface area contributed by atoms with E-state index < -0.39 is 62.3 Å². The molecule has 0 radical (unpaired) electrons. The summed E-state index contributed by atoms with van der Waals surface area (Å²) in [7, 11) is -17.8. The molecule has 2 heterocycles. The number of hydrogen-bond donors (Lipinski definition) is 7. The number of unbranched alkanes of at least 4 members (excludes halogenated alkanes) is 9. The number of benzene rings is 2. The Bertz CT molecular complexity index is 2540. The van der Waals surface area contributed by atoms with Gasteiger partial charge in [-0.3, -0.25) is 33.5 Å². The van der Waals surface area contributed by atoms with Crippen LogP contribution in [0.4, 0.5) is 11.4 Å². The Kier molecular flexibility index (Phi) is 22.5. The Morgan fingerprint density at radius 3 is 1.87 bits per heavy atom. The Morgan fingerprint density at radius 2 is 1.28 bits per heavy atom. The minimum Gasteiger partial charge on any atom is -0.744 e. The quantitative estimate of drug-likeness (QED) is 0.0103. The summed E-state index contributed by atoms with van der Waals surface area (Å²) in [6.07, 6.45) is 20.5. The zero-order valence-electron chi connectivity index (χ0n) is 40.0. The lowest BCUT2D eigenvalue weighted by molar-refractivity contribution is -0.132. The van der Waals surface area contributed by atoms with Crippen molar-refractivity contribution in [2.24, 2.45) is 0 Å². The smallest absolute Gasteiger partial charge is 0.294 e. The molecule has 7 N–H and O–H groups in total. The minimum atomic E-state index is -4.77.